The van der Waals surface area contributed by atoms with Gasteiger partial charge in [-0.15, -0.1) is 0 Å². The summed E-state index contributed by atoms with van der Waals surface area (Å²) in [5, 5.41) is 0. The van der Waals surface area contributed by atoms with Crippen LogP contribution in [0.2, 0.25) is 0 Å². The SMILES string of the molecule is CCOC(=O)CCC1(C2=CC=CC=CC2)N=C(c2ccccc2)OC1=O. The molecule has 0 radical (unpaired) electrons. The number of carbonyl (C=O) groups is 2. The highest BCUT2D eigenvalue weighted by molar-refractivity contribution is 6.09. The highest BCUT2D eigenvalue weighted by Crippen LogP contribution is 2.37. The second kappa shape index (κ2) is 7.95. The van der Waals surface area contributed by atoms with Crippen molar-refractivity contribution in [1.29, 1.82) is 0 Å². The lowest BCUT2D eigenvalue weighted by molar-refractivity contribution is -0.144. The van der Waals surface area contributed by atoms with E-state index in [1.165, 1.54) is 0 Å². The number of carbonyl (C=O) groups excluding carboxylic acids is 2. The van der Waals surface area contributed by atoms with Crippen molar-refractivity contribution in [2.24, 2.45) is 4.99 Å². The molecule has 5 heteroatoms. The minimum atomic E-state index is -1.20. The van der Waals surface area contributed by atoms with Gasteiger partial charge in [0.2, 0.25) is 5.90 Å². The first kappa shape index (κ1) is 17.9. The maximum Gasteiger partial charge on any atom is 0.345 e. The molecule has 1 unspecified atom stereocenters. The molecule has 1 aromatic carbocycles. The van der Waals surface area contributed by atoms with Crippen LogP contribution in [-0.4, -0.2) is 30.0 Å². The van der Waals surface area contributed by atoms with Crippen molar-refractivity contribution in [3.63, 3.8) is 0 Å². The largest absolute Gasteiger partial charge is 0.466 e. The quantitative estimate of drug-likeness (QED) is 0.736. The molecule has 1 aliphatic heterocycles. The van der Waals surface area contributed by atoms with Gasteiger partial charge in [-0.05, 0) is 37.5 Å². The fourth-order valence-electron chi connectivity index (χ4n) is 3.04. The Morgan fingerprint density at radius 3 is 2.81 bits per heavy atom. The molecule has 0 bridgehead atoms. The lowest BCUT2D eigenvalue weighted by Gasteiger charge is -2.24. The highest BCUT2D eigenvalue weighted by atomic mass is 16.6. The number of esters is 2. The Morgan fingerprint density at radius 1 is 1.23 bits per heavy atom. The topological polar surface area (TPSA) is 65.0 Å². The molecule has 26 heavy (non-hydrogen) atoms. The molecule has 0 aromatic heterocycles. The monoisotopic (exact) mass is 351 g/mol. The molecule has 0 amide bonds. The first-order valence-corrected chi connectivity index (χ1v) is 8.72. The molecule has 0 saturated carbocycles. The smallest absolute Gasteiger partial charge is 0.345 e. The Morgan fingerprint density at radius 2 is 2.04 bits per heavy atom. The van der Waals surface area contributed by atoms with Crippen LogP contribution in [0.5, 0.6) is 0 Å². The number of allylic oxidation sites excluding steroid dienone is 5. The number of aliphatic imine (C=N–C) groups is 1. The summed E-state index contributed by atoms with van der Waals surface area (Å²) in [6.45, 7) is 2.07. The third-order valence-corrected chi connectivity index (χ3v) is 4.36. The Labute approximate surface area is 152 Å². The van der Waals surface area contributed by atoms with E-state index in [2.05, 4.69) is 4.99 Å². The standard InChI is InChI=1S/C21H21NO4/c1-2-25-18(23)14-15-21(17-12-8-3-4-9-13-17)20(24)26-19(22-21)16-10-6-5-7-11-16/h3-12H,2,13-15H2,1H3. The lowest BCUT2D eigenvalue weighted by atomic mass is 9.84. The van der Waals surface area contributed by atoms with E-state index in [0.29, 0.717) is 13.0 Å². The van der Waals surface area contributed by atoms with Crippen LogP contribution in [0.1, 0.15) is 31.7 Å². The van der Waals surface area contributed by atoms with Crippen molar-refractivity contribution in [3.8, 4) is 0 Å². The summed E-state index contributed by atoms with van der Waals surface area (Å²) in [6.07, 6.45) is 10.4. The fraction of sp³-hybridized carbons (Fsp3) is 0.286. The summed E-state index contributed by atoms with van der Waals surface area (Å²) < 4.78 is 10.5. The molecule has 1 aliphatic carbocycles. The van der Waals surface area contributed by atoms with Crippen molar-refractivity contribution < 1.29 is 19.1 Å². The Balaban J connectivity index is 1.97. The maximum atomic E-state index is 12.9. The third kappa shape index (κ3) is 3.67. The van der Waals surface area contributed by atoms with Crippen LogP contribution in [0, 0.1) is 0 Å². The molecule has 0 N–H and O–H groups in total. The van der Waals surface area contributed by atoms with Crippen molar-refractivity contribution in [3.05, 3.63) is 71.8 Å². The Kier molecular flexibility index (Phi) is 5.46. The van der Waals surface area contributed by atoms with Crippen LogP contribution >= 0.6 is 0 Å². The summed E-state index contributed by atoms with van der Waals surface area (Å²) in [6, 6.07) is 9.29. The molecular formula is C21H21NO4. The zero-order valence-corrected chi connectivity index (χ0v) is 14.7. The number of benzene rings is 1. The Hall–Kier alpha value is -2.95. The van der Waals surface area contributed by atoms with Gasteiger partial charge >= 0.3 is 11.9 Å². The van der Waals surface area contributed by atoms with Gasteiger partial charge in [0.05, 0.1) is 6.61 Å². The molecule has 0 saturated heterocycles. The number of hydrogen-bond acceptors (Lipinski definition) is 5. The summed E-state index contributed by atoms with van der Waals surface area (Å²) in [5.74, 6) is -0.503. The van der Waals surface area contributed by atoms with Gasteiger partial charge in [0, 0.05) is 12.0 Å². The van der Waals surface area contributed by atoms with E-state index < -0.39 is 11.5 Å². The predicted molar refractivity (Wildman–Crippen MR) is 98.6 cm³/mol. The normalized spacial score (nSPS) is 21.7. The molecule has 5 nitrogen and oxygen atoms in total. The van der Waals surface area contributed by atoms with Gasteiger partial charge in [-0.2, -0.15) is 0 Å². The van der Waals surface area contributed by atoms with E-state index >= 15 is 0 Å². The van der Waals surface area contributed by atoms with Gasteiger partial charge in [0.1, 0.15) is 0 Å². The van der Waals surface area contributed by atoms with Crippen LogP contribution in [-0.2, 0) is 19.1 Å². The van der Waals surface area contributed by atoms with E-state index in [1.54, 1.807) is 6.92 Å². The van der Waals surface area contributed by atoms with Gasteiger partial charge in [0.25, 0.3) is 0 Å². The average molecular weight is 351 g/mol. The molecule has 1 atom stereocenters. The van der Waals surface area contributed by atoms with Gasteiger partial charge in [-0.3, -0.25) is 4.79 Å². The van der Waals surface area contributed by atoms with E-state index in [-0.39, 0.29) is 24.7 Å². The van der Waals surface area contributed by atoms with Crippen LogP contribution in [0.15, 0.2) is 71.3 Å². The first-order chi connectivity index (χ1) is 12.7. The molecular weight excluding hydrogens is 330 g/mol. The zero-order chi connectivity index (χ0) is 18.4. The first-order valence-electron chi connectivity index (χ1n) is 8.72. The maximum absolute atomic E-state index is 12.9. The molecule has 1 aromatic rings. The molecule has 0 spiro atoms. The van der Waals surface area contributed by atoms with Gasteiger partial charge in [-0.1, -0.05) is 48.6 Å². The van der Waals surface area contributed by atoms with E-state index in [0.717, 1.165) is 11.1 Å². The minimum Gasteiger partial charge on any atom is -0.466 e. The third-order valence-electron chi connectivity index (χ3n) is 4.36. The van der Waals surface area contributed by atoms with Crippen molar-refractivity contribution in [1.82, 2.24) is 0 Å². The second-order valence-electron chi connectivity index (χ2n) is 6.05. The molecule has 2 aliphatic rings. The summed E-state index contributed by atoms with van der Waals surface area (Å²) in [4.78, 5) is 29.4. The van der Waals surface area contributed by atoms with Crippen LogP contribution in [0.4, 0.5) is 0 Å². The number of hydrogen-bond donors (Lipinski definition) is 0. The molecule has 3 rings (SSSR count). The number of ether oxygens (including phenoxy) is 2. The van der Waals surface area contributed by atoms with Crippen LogP contribution in [0.3, 0.4) is 0 Å². The van der Waals surface area contributed by atoms with Crippen LogP contribution in [0.25, 0.3) is 0 Å². The van der Waals surface area contributed by atoms with Crippen molar-refractivity contribution >= 4 is 17.8 Å². The van der Waals surface area contributed by atoms with Gasteiger partial charge in [-0.25, -0.2) is 9.79 Å². The van der Waals surface area contributed by atoms with Gasteiger partial charge < -0.3 is 9.47 Å². The Bertz CT molecular complexity index is 805. The van der Waals surface area contributed by atoms with E-state index in [1.807, 2.05) is 60.7 Å². The van der Waals surface area contributed by atoms with Crippen molar-refractivity contribution in [2.75, 3.05) is 6.61 Å². The highest BCUT2D eigenvalue weighted by Gasteiger charge is 2.48. The summed E-state index contributed by atoms with van der Waals surface area (Å²) in [5.41, 5.74) is 0.346. The van der Waals surface area contributed by atoms with Crippen molar-refractivity contribution in [2.45, 2.75) is 31.7 Å². The van der Waals surface area contributed by atoms with Crippen LogP contribution < -0.4 is 0 Å². The molecule has 0 fully saturated rings. The fourth-order valence-corrected chi connectivity index (χ4v) is 3.04. The minimum absolute atomic E-state index is 0.0965. The number of cyclic esters (lactones) is 1. The number of rotatable bonds is 6. The average Bonchev–Trinajstić information content (AvgIpc) is 2.83. The summed E-state index contributed by atoms with van der Waals surface area (Å²) in [7, 11) is 0. The summed E-state index contributed by atoms with van der Waals surface area (Å²) >= 11 is 0. The van der Waals surface area contributed by atoms with E-state index in [4.69, 9.17) is 9.47 Å². The lowest BCUT2D eigenvalue weighted by Crippen LogP contribution is -2.37. The molecule has 134 valence electrons. The predicted octanol–water partition coefficient (Wildman–Crippen LogP) is 3.51. The van der Waals surface area contributed by atoms with Gasteiger partial charge in [0.15, 0.2) is 5.54 Å². The zero-order valence-electron chi connectivity index (χ0n) is 14.7. The number of nitrogens with zero attached hydrogens (tertiary/aromatic N) is 1. The second-order valence-corrected chi connectivity index (χ2v) is 6.05. The molecule has 1 heterocycles. The van der Waals surface area contributed by atoms with E-state index in [9.17, 15) is 9.59 Å².